The van der Waals surface area contributed by atoms with Crippen molar-refractivity contribution in [2.75, 3.05) is 18.6 Å². The van der Waals surface area contributed by atoms with Crippen LogP contribution in [0.15, 0.2) is 5.38 Å². The summed E-state index contributed by atoms with van der Waals surface area (Å²) in [6.45, 7) is -1.54. The van der Waals surface area contributed by atoms with Crippen molar-refractivity contribution in [1.82, 2.24) is 4.98 Å². The summed E-state index contributed by atoms with van der Waals surface area (Å²) in [6.07, 6.45) is -1.00. The lowest BCUT2D eigenvalue weighted by molar-refractivity contribution is -0.168. The molecule has 20 heavy (non-hydrogen) atoms. The topological polar surface area (TPSA) is 48.1 Å². The molecule has 116 valence electrons. The minimum atomic E-state index is -4.13. The molecule has 0 aliphatic carbocycles. The number of aromatic nitrogens is 1. The maximum atomic E-state index is 12.6. The predicted octanol–water partition coefficient (Wildman–Crippen LogP) is 3.31. The van der Waals surface area contributed by atoms with Gasteiger partial charge in [-0.3, -0.25) is 0 Å². The van der Waals surface area contributed by atoms with Crippen LogP contribution >= 0.6 is 23.1 Å². The van der Waals surface area contributed by atoms with Crippen molar-refractivity contribution in [3.63, 3.8) is 0 Å². The van der Waals surface area contributed by atoms with Gasteiger partial charge in [-0.1, -0.05) is 0 Å². The van der Waals surface area contributed by atoms with Crippen LogP contribution in [0.3, 0.4) is 0 Å². The van der Waals surface area contributed by atoms with Crippen molar-refractivity contribution in [3.8, 4) is 0 Å². The van der Waals surface area contributed by atoms with Gasteiger partial charge in [-0.15, -0.1) is 11.3 Å². The normalized spacial score (nSPS) is 13.9. The number of nitrogens with two attached hydrogens (primary N) is 1. The molecule has 1 unspecified atom stereocenters. The molecule has 0 radical (unpaired) electrons. The van der Waals surface area contributed by atoms with Crippen LogP contribution in [0, 0.1) is 0 Å². The van der Waals surface area contributed by atoms with Gasteiger partial charge >= 0.3 is 12.3 Å². The Hall–Kier alpha value is -0.380. The zero-order valence-electron chi connectivity index (χ0n) is 10.8. The molecule has 0 saturated heterocycles. The Labute approximate surface area is 122 Å². The van der Waals surface area contributed by atoms with Gasteiger partial charge in [0.15, 0.2) is 0 Å². The summed E-state index contributed by atoms with van der Waals surface area (Å²) in [5.74, 6) is -3.24. The molecule has 0 amide bonds. The first-order chi connectivity index (χ1) is 9.36. The Morgan fingerprint density at radius 3 is 2.80 bits per heavy atom. The summed E-state index contributed by atoms with van der Waals surface area (Å²) >= 11 is 2.88. The average Bonchev–Trinajstić information content (AvgIpc) is 2.84. The second-order valence-corrected chi connectivity index (χ2v) is 6.04. The molecule has 0 aliphatic heterocycles. The molecule has 1 aromatic heterocycles. The van der Waals surface area contributed by atoms with Crippen LogP contribution in [0.4, 0.5) is 17.6 Å². The van der Waals surface area contributed by atoms with Crippen LogP contribution in [0.1, 0.15) is 23.2 Å². The molecule has 0 spiro atoms. The van der Waals surface area contributed by atoms with E-state index in [1.165, 1.54) is 11.3 Å². The van der Waals surface area contributed by atoms with E-state index in [0.29, 0.717) is 10.7 Å². The first-order valence-electron chi connectivity index (χ1n) is 5.79. The highest BCUT2D eigenvalue weighted by Gasteiger charge is 2.40. The van der Waals surface area contributed by atoms with Crippen LogP contribution in [-0.2, 0) is 11.3 Å². The Morgan fingerprint density at radius 1 is 1.50 bits per heavy atom. The standard InChI is InChI=1S/C11H16F4N2OS2/c1-19-3-2-7(16)8-5-20-9(17-8)4-18-6-11(14,15)10(12)13/h5,7,10H,2-4,6,16H2,1H3. The fraction of sp³-hybridized carbons (Fsp3) is 0.727. The number of alkyl halides is 4. The van der Waals surface area contributed by atoms with Crippen molar-refractivity contribution in [1.29, 1.82) is 0 Å². The third-order valence-electron chi connectivity index (χ3n) is 2.42. The minimum Gasteiger partial charge on any atom is -0.368 e. The molecular formula is C11H16F4N2OS2. The quantitative estimate of drug-likeness (QED) is 0.705. The van der Waals surface area contributed by atoms with Crippen LogP contribution in [0.25, 0.3) is 0 Å². The molecule has 0 bridgehead atoms. The van der Waals surface area contributed by atoms with Crippen molar-refractivity contribution >= 4 is 23.1 Å². The van der Waals surface area contributed by atoms with Crippen LogP contribution in [-0.4, -0.2) is 35.9 Å². The Balaban J connectivity index is 2.41. The highest BCUT2D eigenvalue weighted by molar-refractivity contribution is 7.98. The zero-order chi connectivity index (χ0) is 15.2. The van der Waals surface area contributed by atoms with E-state index in [2.05, 4.69) is 9.72 Å². The lowest BCUT2D eigenvalue weighted by atomic mass is 10.2. The zero-order valence-corrected chi connectivity index (χ0v) is 12.5. The van der Waals surface area contributed by atoms with Gasteiger partial charge in [0.25, 0.3) is 0 Å². The fourth-order valence-corrected chi connectivity index (χ4v) is 2.58. The van der Waals surface area contributed by atoms with Crippen LogP contribution < -0.4 is 5.73 Å². The van der Waals surface area contributed by atoms with Crippen molar-refractivity contribution in [2.24, 2.45) is 5.73 Å². The van der Waals surface area contributed by atoms with E-state index < -0.39 is 19.0 Å². The molecule has 3 nitrogen and oxygen atoms in total. The molecule has 0 saturated carbocycles. The summed E-state index contributed by atoms with van der Waals surface area (Å²) in [5.41, 5.74) is 6.57. The molecule has 0 aliphatic rings. The van der Waals surface area contributed by atoms with Crippen molar-refractivity contribution < 1.29 is 22.3 Å². The smallest absolute Gasteiger partial charge is 0.330 e. The summed E-state index contributed by atoms with van der Waals surface area (Å²) in [5, 5.41) is 2.18. The van der Waals surface area contributed by atoms with Crippen LogP contribution in [0.5, 0.6) is 0 Å². The number of hydrogen-bond acceptors (Lipinski definition) is 5. The van der Waals surface area contributed by atoms with Gasteiger partial charge in [-0.25, -0.2) is 13.8 Å². The van der Waals surface area contributed by atoms with Gasteiger partial charge in [-0.05, 0) is 18.4 Å². The molecule has 1 aromatic rings. The van der Waals surface area contributed by atoms with Gasteiger partial charge in [0, 0.05) is 11.4 Å². The lowest BCUT2D eigenvalue weighted by Gasteiger charge is -2.14. The van der Waals surface area contributed by atoms with E-state index in [9.17, 15) is 17.6 Å². The lowest BCUT2D eigenvalue weighted by Crippen LogP contribution is -2.32. The summed E-state index contributed by atoms with van der Waals surface area (Å²) in [7, 11) is 0. The molecule has 9 heteroatoms. The average molecular weight is 332 g/mol. The largest absolute Gasteiger partial charge is 0.368 e. The third kappa shape index (κ3) is 5.55. The van der Waals surface area contributed by atoms with E-state index in [1.807, 2.05) is 6.26 Å². The summed E-state index contributed by atoms with van der Waals surface area (Å²) in [4.78, 5) is 4.15. The molecule has 0 aromatic carbocycles. The number of ether oxygens (including phenoxy) is 1. The molecular weight excluding hydrogens is 316 g/mol. The van der Waals surface area contributed by atoms with Crippen LogP contribution in [0.2, 0.25) is 0 Å². The second-order valence-electron chi connectivity index (χ2n) is 4.11. The fourth-order valence-electron chi connectivity index (χ4n) is 1.29. The molecule has 2 N–H and O–H groups in total. The monoisotopic (exact) mass is 332 g/mol. The highest BCUT2D eigenvalue weighted by atomic mass is 32.2. The number of rotatable bonds is 9. The summed E-state index contributed by atoms with van der Waals surface area (Å²) < 4.78 is 53.6. The van der Waals surface area contributed by atoms with E-state index >= 15 is 0 Å². The highest BCUT2D eigenvalue weighted by Crippen LogP contribution is 2.24. The number of hydrogen-bond donors (Lipinski definition) is 1. The third-order valence-corrected chi connectivity index (χ3v) is 3.91. The molecule has 1 heterocycles. The number of thioether (sulfide) groups is 1. The number of halogens is 4. The molecule has 1 rings (SSSR count). The van der Waals surface area contributed by atoms with Gasteiger partial charge in [0.2, 0.25) is 0 Å². The van der Waals surface area contributed by atoms with Gasteiger partial charge in [0.05, 0.1) is 12.3 Å². The predicted molar refractivity (Wildman–Crippen MR) is 72.6 cm³/mol. The second kappa shape index (κ2) is 8.16. The first kappa shape index (κ1) is 17.7. The maximum Gasteiger partial charge on any atom is 0.330 e. The van der Waals surface area contributed by atoms with E-state index in [1.54, 1.807) is 17.1 Å². The Kier molecular flexibility index (Phi) is 7.21. The first-order valence-corrected chi connectivity index (χ1v) is 8.06. The van der Waals surface area contributed by atoms with Crippen molar-refractivity contribution in [2.45, 2.75) is 31.4 Å². The Bertz CT molecular complexity index is 404. The number of thiazole rings is 1. The molecule has 0 fully saturated rings. The molecule has 1 atom stereocenters. The van der Waals surface area contributed by atoms with E-state index in [0.717, 1.165) is 12.2 Å². The maximum absolute atomic E-state index is 12.6. The van der Waals surface area contributed by atoms with Gasteiger partial charge in [0.1, 0.15) is 11.6 Å². The van der Waals surface area contributed by atoms with Gasteiger partial charge in [-0.2, -0.15) is 20.5 Å². The SMILES string of the molecule is CSCCC(N)c1csc(COCC(F)(F)C(F)F)n1. The van der Waals surface area contributed by atoms with Gasteiger partial charge < -0.3 is 10.5 Å². The number of nitrogens with zero attached hydrogens (tertiary/aromatic N) is 1. The minimum absolute atomic E-state index is 0.213. The Morgan fingerprint density at radius 2 is 2.20 bits per heavy atom. The van der Waals surface area contributed by atoms with E-state index in [4.69, 9.17) is 5.73 Å². The van der Waals surface area contributed by atoms with E-state index in [-0.39, 0.29) is 12.6 Å². The summed E-state index contributed by atoms with van der Waals surface area (Å²) in [6, 6.07) is -0.213. The van der Waals surface area contributed by atoms with Crippen molar-refractivity contribution in [3.05, 3.63) is 16.1 Å².